The van der Waals surface area contributed by atoms with Gasteiger partial charge in [-0.15, -0.1) is 11.3 Å². The van der Waals surface area contributed by atoms with Gasteiger partial charge in [-0.2, -0.15) is 0 Å². The van der Waals surface area contributed by atoms with Crippen molar-refractivity contribution in [3.63, 3.8) is 0 Å². The first kappa shape index (κ1) is 26.1. The number of rotatable bonds is 9. The van der Waals surface area contributed by atoms with Gasteiger partial charge in [0.2, 0.25) is 0 Å². The number of amides is 1. The summed E-state index contributed by atoms with van der Waals surface area (Å²) in [6, 6.07) is 13.0. The highest BCUT2D eigenvalue weighted by Crippen LogP contribution is 2.39. The van der Waals surface area contributed by atoms with E-state index < -0.39 is 5.97 Å². The van der Waals surface area contributed by atoms with Crippen LogP contribution in [0.25, 0.3) is 11.1 Å². The van der Waals surface area contributed by atoms with Gasteiger partial charge in [0.25, 0.3) is 5.91 Å². The molecule has 186 valence electrons. The molecule has 0 saturated heterocycles. The lowest BCUT2D eigenvalue weighted by atomic mass is 9.86. The number of carbonyl (C=O) groups excluding carboxylic acids is 2. The number of nitrogens with one attached hydrogen (secondary N) is 1. The molecule has 1 N–H and O–H groups in total. The quantitative estimate of drug-likeness (QED) is 0.369. The molecule has 3 rings (SSSR count). The molecule has 1 amide bonds. The van der Waals surface area contributed by atoms with E-state index in [1.165, 1.54) is 11.3 Å². The van der Waals surface area contributed by atoms with Crippen molar-refractivity contribution in [2.75, 3.05) is 32.8 Å². The lowest BCUT2D eigenvalue weighted by Crippen LogP contribution is -2.22. The molecule has 2 aromatic carbocycles. The smallest absolute Gasteiger partial charge is 0.341 e. The molecule has 0 spiro atoms. The molecule has 0 fully saturated rings. The number of methoxy groups -OCH3 is 2. The zero-order valence-electron chi connectivity index (χ0n) is 20.9. The fourth-order valence-corrected chi connectivity index (χ4v) is 4.56. The van der Waals surface area contributed by atoms with Gasteiger partial charge in [0.15, 0.2) is 18.1 Å². The van der Waals surface area contributed by atoms with E-state index in [1.54, 1.807) is 38.7 Å². The molecule has 1 aromatic heterocycles. The van der Waals surface area contributed by atoms with Crippen molar-refractivity contribution in [1.29, 1.82) is 0 Å². The summed E-state index contributed by atoms with van der Waals surface area (Å²) in [7, 11) is 3.10. The number of benzene rings is 2. The summed E-state index contributed by atoms with van der Waals surface area (Å²) in [5.74, 6) is 0.860. The highest BCUT2D eigenvalue weighted by atomic mass is 32.1. The van der Waals surface area contributed by atoms with Gasteiger partial charge < -0.3 is 24.3 Å². The molecule has 7 nitrogen and oxygen atoms in total. The summed E-state index contributed by atoms with van der Waals surface area (Å²) in [4.78, 5) is 25.7. The summed E-state index contributed by atoms with van der Waals surface area (Å²) in [6.07, 6.45) is 0. The number of carbonyl (C=O) groups is 2. The van der Waals surface area contributed by atoms with E-state index in [1.807, 2.05) is 30.3 Å². The molecule has 0 unspecified atom stereocenters. The van der Waals surface area contributed by atoms with Gasteiger partial charge in [-0.1, -0.05) is 45.0 Å². The van der Waals surface area contributed by atoms with Crippen LogP contribution in [-0.4, -0.2) is 39.3 Å². The average molecular weight is 498 g/mol. The molecule has 35 heavy (non-hydrogen) atoms. The third kappa shape index (κ3) is 6.14. The van der Waals surface area contributed by atoms with Gasteiger partial charge in [-0.25, -0.2) is 4.79 Å². The summed E-state index contributed by atoms with van der Waals surface area (Å²) in [5.41, 5.74) is 2.52. The van der Waals surface area contributed by atoms with Crippen LogP contribution in [0, 0.1) is 0 Å². The summed E-state index contributed by atoms with van der Waals surface area (Å²) >= 11 is 1.25. The van der Waals surface area contributed by atoms with Gasteiger partial charge in [0, 0.05) is 10.9 Å². The Morgan fingerprint density at radius 2 is 1.69 bits per heavy atom. The molecule has 0 bridgehead atoms. The number of thiophene rings is 1. The maximum absolute atomic E-state index is 12.9. The number of anilines is 1. The summed E-state index contributed by atoms with van der Waals surface area (Å²) in [5, 5.41) is 5.02. The minimum atomic E-state index is -0.521. The molecule has 3 aromatic rings. The highest BCUT2D eigenvalue weighted by Gasteiger charge is 2.24. The van der Waals surface area contributed by atoms with Gasteiger partial charge in [0.05, 0.1) is 20.8 Å². The molecule has 0 radical (unpaired) electrons. The molecule has 0 aliphatic heterocycles. The van der Waals surface area contributed by atoms with Crippen molar-refractivity contribution < 1.29 is 28.5 Å². The first-order chi connectivity index (χ1) is 16.7. The Balaban J connectivity index is 1.86. The van der Waals surface area contributed by atoms with E-state index in [0.717, 1.165) is 11.1 Å². The van der Waals surface area contributed by atoms with Crippen LogP contribution in [-0.2, 0) is 14.9 Å². The molecule has 0 atom stereocenters. The van der Waals surface area contributed by atoms with Crippen LogP contribution in [0.1, 0.15) is 43.6 Å². The number of ether oxygens (including phenoxy) is 4. The topological polar surface area (TPSA) is 83.1 Å². The summed E-state index contributed by atoms with van der Waals surface area (Å²) in [6.45, 7) is 8.00. The second-order valence-electron chi connectivity index (χ2n) is 8.73. The predicted octanol–water partition coefficient (Wildman–Crippen LogP) is 5.92. The molecule has 0 aliphatic rings. The SMILES string of the molecule is CCOC(=O)c1c(-c2ccc(OC)c(OC)c2)csc1NC(=O)COc1ccccc1C(C)(C)C. The van der Waals surface area contributed by atoms with E-state index in [0.29, 0.717) is 27.8 Å². The van der Waals surface area contributed by atoms with Crippen molar-refractivity contribution in [3.05, 3.63) is 59.0 Å². The third-order valence-electron chi connectivity index (χ3n) is 5.27. The van der Waals surface area contributed by atoms with Crippen molar-refractivity contribution in [3.8, 4) is 28.4 Å². The van der Waals surface area contributed by atoms with E-state index in [2.05, 4.69) is 26.1 Å². The van der Waals surface area contributed by atoms with Crippen molar-refractivity contribution in [2.24, 2.45) is 0 Å². The standard InChI is InChI=1S/C27H31NO6S/c1-7-33-26(30)24-18(17-12-13-21(31-5)22(14-17)32-6)16-35-25(24)28-23(29)15-34-20-11-9-8-10-19(20)27(2,3)4/h8-14,16H,7,15H2,1-6H3,(H,28,29). The minimum Gasteiger partial charge on any atom is -0.493 e. The van der Waals surface area contributed by atoms with Crippen LogP contribution < -0.4 is 19.5 Å². The molecular weight excluding hydrogens is 466 g/mol. The van der Waals surface area contributed by atoms with Gasteiger partial charge >= 0.3 is 5.97 Å². The van der Waals surface area contributed by atoms with E-state index >= 15 is 0 Å². The second kappa shape index (κ2) is 11.3. The number of hydrogen-bond donors (Lipinski definition) is 1. The lowest BCUT2D eigenvalue weighted by molar-refractivity contribution is -0.118. The fourth-order valence-electron chi connectivity index (χ4n) is 3.59. The fraction of sp³-hybridized carbons (Fsp3) is 0.333. The van der Waals surface area contributed by atoms with Crippen LogP contribution in [0.5, 0.6) is 17.2 Å². The molecule has 0 saturated carbocycles. The Morgan fingerprint density at radius 1 is 0.971 bits per heavy atom. The van der Waals surface area contributed by atoms with Crippen LogP contribution in [0.2, 0.25) is 0 Å². The Labute approximate surface area is 210 Å². The normalized spacial score (nSPS) is 11.0. The van der Waals surface area contributed by atoms with Crippen LogP contribution in [0.3, 0.4) is 0 Å². The molecular formula is C27H31NO6S. The molecule has 8 heteroatoms. The van der Waals surface area contributed by atoms with E-state index in [4.69, 9.17) is 18.9 Å². The maximum atomic E-state index is 12.9. The van der Waals surface area contributed by atoms with Crippen molar-refractivity contribution in [2.45, 2.75) is 33.1 Å². The average Bonchev–Trinajstić information content (AvgIpc) is 3.25. The van der Waals surface area contributed by atoms with Gasteiger partial charge in [-0.05, 0) is 41.7 Å². The van der Waals surface area contributed by atoms with Crippen LogP contribution in [0.4, 0.5) is 5.00 Å². The first-order valence-corrected chi connectivity index (χ1v) is 12.1. The Bertz CT molecular complexity index is 1190. The Hall–Kier alpha value is -3.52. The third-order valence-corrected chi connectivity index (χ3v) is 6.17. The Kier molecular flexibility index (Phi) is 8.40. The minimum absolute atomic E-state index is 0.133. The lowest BCUT2D eigenvalue weighted by Gasteiger charge is -2.22. The van der Waals surface area contributed by atoms with E-state index in [9.17, 15) is 9.59 Å². The number of para-hydroxylation sites is 1. The number of hydrogen-bond acceptors (Lipinski definition) is 7. The van der Waals surface area contributed by atoms with Crippen LogP contribution >= 0.6 is 11.3 Å². The van der Waals surface area contributed by atoms with Crippen molar-refractivity contribution >= 4 is 28.2 Å². The van der Waals surface area contributed by atoms with Crippen LogP contribution in [0.15, 0.2) is 47.8 Å². The maximum Gasteiger partial charge on any atom is 0.341 e. The van der Waals surface area contributed by atoms with E-state index in [-0.39, 0.29) is 30.1 Å². The molecule has 0 aliphatic carbocycles. The zero-order chi connectivity index (χ0) is 25.6. The first-order valence-electron chi connectivity index (χ1n) is 11.2. The largest absolute Gasteiger partial charge is 0.493 e. The zero-order valence-corrected chi connectivity index (χ0v) is 21.7. The monoisotopic (exact) mass is 497 g/mol. The highest BCUT2D eigenvalue weighted by molar-refractivity contribution is 7.15. The van der Waals surface area contributed by atoms with Gasteiger partial charge in [0.1, 0.15) is 16.3 Å². The molecule has 1 heterocycles. The summed E-state index contributed by atoms with van der Waals surface area (Å²) < 4.78 is 21.8. The van der Waals surface area contributed by atoms with Gasteiger partial charge in [-0.3, -0.25) is 4.79 Å². The Morgan fingerprint density at radius 3 is 2.34 bits per heavy atom. The predicted molar refractivity (Wildman–Crippen MR) is 138 cm³/mol. The van der Waals surface area contributed by atoms with Crippen molar-refractivity contribution in [1.82, 2.24) is 0 Å². The number of esters is 1. The second-order valence-corrected chi connectivity index (χ2v) is 9.61.